The van der Waals surface area contributed by atoms with Crippen LogP contribution in [-0.4, -0.2) is 33.7 Å². The van der Waals surface area contributed by atoms with Crippen LogP contribution in [0.2, 0.25) is 0 Å². The zero-order valence-electron chi connectivity index (χ0n) is 13.9. The number of benzene rings is 1. The van der Waals surface area contributed by atoms with E-state index in [1.165, 1.54) is 16.8 Å². The third-order valence-electron chi connectivity index (χ3n) is 4.76. The van der Waals surface area contributed by atoms with Crippen LogP contribution in [0.3, 0.4) is 0 Å². The molecule has 3 rings (SSSR count). The summed E-state index contributed by atoms with van der Waals surface area (Å²) in [4.78, 5) is 2.40. The molecule has 1 aliphatic heterocycles. The zero-order chi connectivity index (χ0) is 15.9. The molecular formula is C17H23N5. The number of fused-ring (bicyclic) bond motifs is 1. The van der Waals surface area contributed by atoms with Gasteiger partial charge in [0.25, 0.3) is 0 Å². The summed E-state index contributed by atoms with van der Waals surface area (Å²) in [5, 5.41) is 11.9. The van der Waals surface area contributed by atoms with E-state index in [2.05, 4.69) is 67.1 Å². The Balaban J connectivity index is 2.01. The largest absolute Gasteiger partial charge is 0.369 e. The molecule has 1 atom stereocenters. The molecule has 0 aliphatic carbocycles. The quantitative estimate of drug-likeness (QED) is 0.800. The van der Waals surface area contributed by atoms with Gasteiger partial charge in [-0.3, -0.25) is 0 Å². The van der Waals surface area contributed by atoms with Crippen molar-refractivity contribution in [1.82, 2.24) is 14.9 Å². The summed E-state index contributed by atoms with van der Waals surface area (Å²) in [6, 6.07) is 4.55. The van der Waals surface area contributed by atoms with Crippen molar-refractivity contribution in [1.29, 1.82) is 0 Å². The number of hydrogen-bond donors (Lipinski definition) is 0. The summed E-state index contributed by atoms with van der Waals surface area (Å²) in [6.45, 7) is 9.06. The first-order valence-electron chi connectivity index (χ1n) is 7.66. The van der Waals surface area contributed by atoms with E-state index in [0.717, 1.165) is 12.0 Å². The van der Waals surface area contributed by atoms with E-state index in [4.69, 9.17) is 0 Å². The lowest BCUT2D eigenvalue weighted by Crippen LogP contribution is -2.45. The highest BCUT2D eigenvalue weighted by Gasteiger charge is 2.34. The minimum absolute atomic E-state index is 0.191. The van der Waals surface area contributed by atoms with Gasteiger partial charge in [-0.05, 0) is 61.9 Å². The molecule has 2 heterocycles. The van der Waals surface area contributed by atoms with E-state index < -0.39 is 0 Å². The molecule has 1 aromatic heterocycles. The fourth-order valence-corrected chi connectivity index (χ4v) is 3.26. The Bertz CT molecular complexity index is 700. The zero-order valence-corrected chi connectivity index (χ0v) is 13.9. The van der Waals surface area contributed by atoms with Crippen LogP contribution in [0.1, 0.15) is 49.8 Å². The van der Waals surface area contributed by atoms with Crippen LogP contribution in [-0.2, 0) is 0 Å². The maximum absolute atomic E-state index is 4.37. The average molecular weight is 297 g/mol. The van der Waals surface area contributed by atoms with Gasteiger partial charge in [-0.15, -0.1) is 10.2 Å². The number of rotatable bonds is 2. The summed E-state index contributed by atoms with van der Waals surface area (Å²) in [7, 11) is 2.19. The summed E-state index contributed by atoms with van der Waals surface area (Å²) in [5.74, 6) is 0.545. The number of nitrogens with zero attached hydrogens (tertiary/aromatic N) is 5. The first kappa shape index (κ1) is 14.8. The second-order valence-corrected chi connectivity index (χ2v) is 6.83. The smallest absolute Gasteiger partial charge is 0.141 e. The summed E-state index contributed by atoms with van der Waals surface area (Å²) in [5.41, 5.74) is 5.30. The van der Waals surface area contributed by atoms with Gasteiger partial charge in [0.2, 0.25) is 0 Å². The molecular weight excluding hydrogens is 274 g/mol. The van der Waals surface area contributed by atoms with Crippen LogP contribution in [0, 0.1) is 6.92 Å². The van der Waals surface area contributed by atoms with Crippen molar-refractivity contribution in [2.75, 3.05) is 11.9 Å². The lowest BCUT2D eigenvalue weighted by Gasteiger charge is -2.45. The molecule has 0 amide bonds. The standard InChI is InChI=1S/C17H23N5/c1-12-6-16-15(13(2)8-17(3,4)21(16)5)7-14(12)9-20-22-10-18-19-11-22/h6-7,9-11,13H,8H2,1-5H3/b20-9+. The topological polar surface area (TPSA) is 46.3 Å². The number of anilines is 1. The third kappa shape index (κ3) is 2.51. The number of aromatic nitrogens is 3. The van der Waals surface area contributed by atoms with Crippen LogP contribution in [0.25, 0.3) is 0 Å². The van der Waals surface area contributed by atoms with Gasteiger partial charge in [0.15, 0.2) is 0 Å². The van der Waals surface area contributed by atoms with Crippen molar-refractivity contribution in [2.45, 2.75) is 45.6 Å². The summed E-state index contributed by atoms with van der Waals surface area (Å²) >= 11 is 0. The highest BCUT2D eigenvalue weighted by molar-refractivity contribution is 5.84. The Kier molecular flexibility index (Phi) is 3.51. The van der Waals surface area contributed by atoms with Crippen LogP contribution in [0.15, 0.2) is 29.9 Å². The Labute approximate surface area is 131 Å². The van der Waals surface area contributed by atoms with E-state index in [1.807, 2.05) is 6.21 Å². The molecule has 5 heteroatoms. The van der Waals surface area contributed by atoms with E-state index in [-0.39, 0.29) is 5.54 Å². The van der Waals surface area contributed by atoms with E-state index in [1.54, 1.807) is 17.3 Å². The first-order valence-corrected chi connectivity index (χ1v) is 7.66. The van der Waals surface area contributed by atoms with Gasteiger partial charge in [0.1, 0.15) is 12.7 Å². The maximum Gasteiger partial charge on any atom is 0.141 e. The SMILES string of the molecule is Cc1cc2c(cc1/C=N/n1cnnc1)C(C)CC(C)(C)N2C. The molecule has 1 aromatic carbocycles. The molecule has 0 saturated carbocycles. The van der Waals surface area contributed by atoms with E-state index in [9.17, 15) is 0 Å². The minimum Gasteiger partial charge on any atom is -0.369 e. The molecule has 116 valence electrons. The molecule has 0 fully saturated rings. The second kappa shape index (κ2) is 5.23. The molecule has 5 nitrogen and oxygen atoms in total. The molecule has 2 aromatic rings. The van der Waals surface area contributed by atoms with Crippen molar-refractivity contribution in [3.63, 3.8) is 0 Å². The molecule has 0 saturated heterocycles. The van der Waals surface area contributed by atoms with Crippen molar-refractivity contribution in [3.05, 3.63) is 41.5 Å². The average Bonchev–Trinajstić information content (AvgIpc) is 2.96. The van der Waals surface area contributed by atoms with Gasteiger partial charge in [-0.1, -0.05) is 6.92 Å². The van der Waals surface area contributed by atoms with Gasteiger partial charge in [-0.25, -0.2) is 4.68 Å². The van der Waals surface area contributed by atoms with Gasteiger partial charge in [-0.2, -0.15) is 5.10 Å². The number of hydrogen-bond acceptors (Lipinski definition) is 4. The van der Waals surface area contributed by atoms with Gasteiger partial charge in [0, 0.05) is 18.3 Å². The first-order chi connectivity index (χ1) is 10.4. The Morgan fingerprint density at radius 3 is 2.64 bits per heavy atom. The Morgan fingerprint density at radius 2 is 1.95 bits per heavy atom. The lowest BCUT2D eigenvalue weighted by molar-refractivity contribution is 0.395. The van der Waals surface area contributed by atoms with Crippen LogP contribution in [0.4, 0.5) is 5.69 Å². The van der Waals surface area contributed by atoms with Crippen LogP contribution < -0.4 is 4.90 Å². The van der Waals surface area contributed by atoms with Crippen molar-refractivity contribution < 1.29 is 0 Å². The van der Waals surface area contributed by atoms with Gasteiger partial charge >= 0.3 is 0 Å². The monoisotopic (exact) mass is 297 g/mol. The van der Waals surface area contributed by atoms with Crippen molar-refractivity contribution >= 4 is 11.9 Å². The highest BCUT2D eigenvalue weighted by atomic mass is 15.4. The van der Waals surface area contributed by atoms with Gasteiger partial charge < -0.3 is 4.90 Å². The van der Waals surface area contributed by atoms with E-state index in [0.29, 0.717) is 5.92 Å². The predicted molar refractivity (Wildman–Crippen MR) is 89.7 cm³/mol. The second-order valence-electron chi connectivity index (χ2n) is 6.83. The summed E-state index contributed by atoms with van der Waals surface area (Å²) < 4.78 is 1.61. The normalized spacial score (nSPS) is 20.4. The van der Waals surface area contributed by atoms with Crippen molar-refractivity contribution in [2.24, 2.45) is 5.10 Å². The summed E-state index contributed by atoms with van der Waals surface area (Å²) in [6.07, 6.45) is 6.21. The maximum atomic E-state index is 4.37. The van der Waals surface area contributed by atoms with Crippen molar-refractivity contribution in [3.8, 4) is 0 Å². The molecule has 22 heavy (non-hydrogen) atoms. The fraction of sp³-hybridized carbons (Fsp3) is 0.471. The Morgan fingerprint density at radius 1 is 1.27 bits per heavy atom. The third-order valence-corrected chi connectivity index (χ3v) is 4.76. The fourth-order valence-electron chi connectivity index (χ4n) is 3.26. The molecule has 0 radical (unpaired) electrons. The number of aryl methyl sites for hydroxylation is 1. The molecule has 0 N–H and O–H groups in total. The minimum atomic E-state index is 0.191. The lowest BCUT2D eigenvalue weighted by atomic mass is 9.79. The van der Waals surface area contributed by atoms with Crippen LogP contribution in [0.5, 0.6) is 0 Å². The molecule has 0 bridgehead atoms. The molecule has 1 aliphatic rings. The van der Waals surface area contributed by atoms with Crippen LogP contribution >= 0.6 is 0 Å². The molecule has 0 spiro atoms. The molecule has 1 unspecified atom stereocenters. The predicted octanol–water partition coefficient (Wildman–Crippen LogP) is 3.19. The highest BCUT2D eigenvalue weighted by Crippen LogP contribution is 2.43. The van der Waals surface area contributed by atoms with Gasteiger partial charge in [0.05, 0.1) is 6.21 Å². The van der Waals surface area contributed by atoms with E-state index >= 15 is 0 Å². The Hall–Kier alpha value is -2.17.